The maximum absolute atomic E-state index is 4.76. The number of fused-ring (bicyclic) bond motifs is 1. The van der Waals surface area contributed by atoms with Crippen LogP contribution in [0.5, 0.6) is 0 Å². The molecule has 0 spiro atoms. The second-order valence-corrected chi connectivity index (χ2v) is 4.40. The highest BCUT2D eigenvalue weighted by molar-refractivity contribution is 5.38. The van der Waals surface area contributed by atoms with Crippen molar-refractivity contribution in [3.63, 3.8) is 0 Å². The van der Waals surface area contributed by atoms with Crippen LogP contribution >= 0.6 is 0 Å². The molecular formula is C14H17N3. The lowest BCUT2D eigenvalue weighted by Crippen LogP contribution is -2.24. The number of hydrogen-bond acceptors (Lipinski definition) is 2. The van der Waals surface area contributed by atoms with Crippen LogP contribution in [-0.4, -0.2) is 16.3 Å². The van der Waals surface area contributed by atoms with E-state index in [-0.39, 0.29) is 0 Å². The number of rotatable bonds is 2. The van der Waals surface area contributed by atoms with Crippen molar-refractivity contribution in [2.45, 2.75) is 26.3 Å². The first kappa shape index (κ1) is 10.5. The van der Waals surface area contributed by atoms with E-state index in [1.54, 1.807) is 0 Å². The van der Waals surface area contributed by atoms with E-state index >= 15 is 0 Å². The van der Waals surface area contributed by atoms with E-state index in [1.165, 1.54) is 22.6 Å². The fourth-order valence-corrected chi connectivity index (χ4v) is 2.48. The molecule has 0 saturated carbocycles. The molecule has 0 unspecified atom stereocenters. The molecule has 1 aliphatic rings. The van der Waals surface area contributed by atoms with Crippen molar-refractivity contribution < 1.29 is 0 Å². The minimum atomic E-state index is 0.964. The Bertz CT molecular complexity index is 514. The Labute approximate surface area is 101 Å². The molecule has 0 amide bonds. The number of aromatic nitrogens is 2. The SMILES string of the molecule is CCc1nn(-c2ccccc2)c2c1CNCC2. The zero-order valence-electron chi connectivity index (χ0n) is 10.1. The van der Waals surface area contributed by atoms with Gasteiger partial charge in [0.15, 0.2) is 0 Å². The molecule has 0 aliphatic carbocycles. The number of aryl methyl sites for hydroxylation is 1. The summed E-state index contributed by atoms with van der Waals surface area (Å²) in [6.45, 7) is 4.19. The largest absolute Gasteiger partial charge is 0.312 e. The molecule has 1 N–H and O–H groups in total. The number of nitrogens with zero attached hydrogens (tertiary/aromatic N) is 2. The molecule has 0 atom stereocenters. The van der Waals surface area contributed by atoms with Gasteiger partial charge in [-0.05, 0) is 18.6 Å². The molecule has 0 saturated heterocycles. The summed E-state index contributed by atoms with van der Waals surface area (Å²) >= 11 is 0. The molecule has 1 aromatic carbocycles. The van der Waals surface area contributed by atoms with Gasteiger partial charge in [0.25, 0.3) is 0 Å². The third-order valence-corrected chi connectivity index (χ3v) is 3.35. The van der Waals surface area contributed by atoms with Crippen molar-refractivity contribution in [1.29, 1.82) is 0 Å². The standard InChI is InChI=1S/C14H17N3/c1-2-13-12-10-15-9-8-14(12)17(16-13)11-6-4-3-5-7-11/h3-7,15H,2,8-10H2,1H3. The smallest absolute Gasteiger partial charge is 0.0674 e. The Balaban J connectivity index is 2.14. The van der Waals surface area contributed by atoms with Gasteiger partial charge in [-0.2, -0.15) is 5.10 Å². The molecular weight excluding hydrogens is 210 g/mol. The number of para-hydroxylation sites is 1. The summed E-state index contributed by atoms with van der Waals surface area (Å²) < 4.78 is 2.12. The molecule has 1 aromatic heterocycles. The average Bonchev–Trinajstić information content (AvgIpc) is 2.78. The van der Waals surface area contributed by atoms with Gasteiger partial charge in [-0.25, -0.2) is 4.68 Å². The van der Waals surface area contributed by atoms with Gasteiger partial charge < -0.3 is 5.32 Å². The Morgan fingerprint density at radius 1 is 1.29 bits per heavy atom. The fraction of sp³-hybridized carbons (Fsp3) is 0.357. The van der Waals surface area contributed by atoms with Crippen LogP contribution in [0.15, 0.2) is 30.3 Å². The van der Waals surface area contributed by atoms with Gasteiger partial charge in [0, 0.05) is 25.1 Å². The highest BCUT2D eigenvalue weighted by atomic mass is 15.3. The fourth-order valence-electron chi connectivity index (χ4n) is 2.48. The summed E-state index contributed by atoms with van der Waals surface area (Å²) in [5.74, 6) is 0. The first-order valence-corrected chi connectivity index (χ1v) is 6.26. The predicted octanol–water partition coefficient (Wildman–Crippen LogP) is 2.08. The summed E-state index contributed by atoms with van der Waals surface area (Å²) in [5, 5.41) is 8.18. The second-order valence-electron chi connectivity index (χ2n) is 4.40. The van der Waals surface area contributed by atoms with Crippen LogP contribution in [0, 0.1) is 0 Å². The van der Waals surface area contributed by atoms with Crippen LogP contribution in [-0.2, 0) is 19.4 Å². The topological polar surface area (TPSA) is 29.9 Å². The maximum atomic E-state index is 4.76. The molecule has 1 aliphatic heterocycles. The van der Waals surface area contributed by atoms with Crippen molar-refractivity contribution in [2.75, 3.05) is 6.54 Å². The highest BCUT2D eigenvalue weighted by Gasteiger charge is 2.19. The molecule has 88 valence electrons. The van der Waals surface area contributed by atoms with Crippen LogP contribution in [0.3, 0.4) is 0 Å². The number of nitrogens with one attached hydrogen (secondary N) is 1. The van der Waals surface area contributed by atoms with E-state index < -0.39 is 0 Å². The van der Waals surface area contributed by atoms with Crippen molar-refractivity contribution >= 4 is 0 Å². The first-order chi connectivity index (χ1) is 8.40. The molecule has 0 radical (unpaired) electrons. The van der Waals surface area contributed by atoms with Gasteiger partial charge >= 0.3 is 0 Å². The van der Waals surface area contributed by atoms with E-state index in [0.717, 1.165) is 25.9 Å². The third kappa shape index (κ3) is 1.76. The van der Waals surface area contributed by atoms with E-state index in [1.807, 2.05) is 6.07 Å². The van der Waals surface area contributed by atoms with Gasteiger partial charge in [-0.3, -0.25) is 0 Å². The minimum absolute atomic E-state index is 0.964. The number of benzene rings is 1. The van der Waals surface area contributed by atoms with E-state index in [4.69, 9.17) is 5.10 Å². The Hall–Kier alpha value is -1.61. The van der Waals surface area contributed by atoms with Gasteiger partial charge in [0.1, 0.15) is 0 Å². The Kier molecular flexibility index (Phi) is 2.69. The Morgan fingerprint density at radius 2 is 2.12 bits per heavy atom. The molecule has 3 heteroatoms. The molecule has 3 nitrogen and oxygen atoms in total. The van der Waals surface area contributed by atoms with Crippen LogP contribution in [0.25, 0.3) is 5.69 Å². The van der Waals surface area contributed by atoms with Crippen LogP contribution in [0.2, 0.25) is 0 Å². The predicted molar refractivity (Wildman–Crippen MR) is 68.4 cm³/mol. The average molecular weight is 227 g/mol. The van der Waals surface area contributed by atoms with Gasteiger partial charge in [0.2, 0.25) is 0 Å². The first-order valence-electron chi connectivity index (χ1n) is 6.26. The normalized spacial score (nSPS) is 14.6. The van der Waals surface area contributed by atoms with Crippen molar-refractivity contribution in [3.05, 3.63) is 47.3 Å². The molecule has 2 aromatic rings. The Morgan fingerprint density at radius 3 is 2.88 bits per heavy atom. The van der Waals surface area contributed by atoms with Crippen molar-refractivity contribution in [1.82, 2.24) is 15.1 Å². The summed E-state index contributed by atoms with van der Waals surface area (Å²) in [5.41, 5.74) is 5.19. The molecule has 3 rings (SSSR count). The summed E-state index contributed by atoms with van der Waals surface area (Å²) in [4.78, 5) is 0. The van der Waals surface area contributed by atoms with Gasteiger partial charge in [-0.15, -0.1) is 0 Å². The lowest BCUT2D eigenvalue weighted by Gasteiger charge is -2.15. The number of hydrogen-bond donors (Lipinski definition) is 1. The van der Waals surface area contributed by atoms with E-state index in [9.17, 15) is 0 Å². The zero-order valence-corrected chi connectivity index (χ0v) is 10.1. The molecule has 17 heavy (non-hydrogen) atoms. The molecule has 2 heterocycles. The van der Waals surface area contributed by atoms with Crippen LogP contribution in [0.4, 0.5) is 0 Å². The summed E-state index contributed by atoms with van der Waals surface area (Å²) in [7, 11) is 0. The van der Waals surface area contributed by atoms with Crippen molar-refractivity contribution in [2.24, 2.45) is 0 Å². The van der Waals surface area contributed by atoms with Crippen LogP contribution in [0.1, 0.15) is 23.9 Å². The monoisotopic (exact) mass is 227 g/mol. The molecule has 0 fully saturated rings. The van der Waals surface area contributed by atoms with E-state index in [0.29, 0.717) is 0 Å². The molecule has 0 bridgehead atoms. The van der Waals surface area contributed by atoms with Gasteiger partial charge in [-0.1, -0.05) is 25.1 Å². The minimum Gasteiger partial charge on any atom is -0.312 e. The highest BCUT2D eigenvalue weighted by Crippen LogP contribution is 2.22. The third-order valence-electron chi connectivity index (χ3n) is 3.35. The van der Waals surface area contributed by atoms with Crippen molar-refractivity contribution in [3.8, 4) is 5.69 Å². The second kappa shape index (κ2) is 4.34. The van der Waals surface area contributed by atoms with Crippen LogP contribution < -0.4 is 5.32 Å². The lowest BCUT2D eigenvalue weighted by molar-refractivity contribution is 0.622. The summed E-state index contributed by atoms with van der Waals surface area (Å²) in [6, 6.07) is 10.4. The maximum Gasteiger partial charge on any atom is 0.0674 e. The van der Waals surface area contributed by atoms with Gasteiger partial charge in [0.05, 0.1) is 17.1 Å². The summed E-state index contributed by atoms with van der Waals surface area (Å²) in [6.07, 6.45) is 2.07. The van der Waals surface area contributed by atoms with E-state index in [2.05, 4.69) is 41.2 Å². The zero-order chi connectivity index (χ0) is 11.7. The lowest BCUT2D eigenvalue weighted by atomic mass is 10.1. The quantitative estimate of drug-likeness (QED) is 0.851.